The molecule has 0 aliphatic carbocycles. The zero-order chi connectivity index (χ0) is 24.9. The second-order valence-corrected chi connectivity index (χ2v) is 10.1. The zero-order valence-corrected chi connectivity index (χ0v) is 22.2. The Morgan fingerprint density at radius 2 is 1.71 bits per heavy atom. The van der Waals surface area contributed by atoms with Crippen LogP contribution in [0.1, 0.15) is 51.4 Å². The highest BCUT2D eigenvalue weighted by Crippen LogP contribution is 2.44. The normalized spacial score (nSPS) is 17.7. The largest absolute Gasteiger partial charge is 0.351 e. The molecule has 0 amide bonds. The lowest BCUT2D eigenvalue weighted by Crippen LogP contribution is -2.29. The highest BCUT2D eigenvalue weighted by atomic mass is 35.5. The van der Waals surface area contributed by atoms with Crippen molar-refractivity contribution in [1.82, 2.24) is 14.9 Å². The van der Waals surface area contributed by atoms with Crippen molar-refractivity contribution >= 4 is 34.6 Å². The van der Waals surface area contributed by atoms with Gasteiger partial charge in [0.1, 0.15) is 0 Å². The molecule has 35 heavy (non-hydrogen) atoms. The van der Waals surface area contributed by atoms with E-state index < -0.39 is 0 Å². The summed E-state index contributed by atoms with van der Waals surface area (Å²) in [5.41, 5.74) is 10.2. The van der Waals surface area contributed by atoms with Crippen molar-refractivity contribution in [3.05, 3.63) is 111 Å². The number of thiocarbonyl (C=S) groups is 1. The topological polar surface area (TPSA) is 33.1 Å². The third-order valence-corrected chi connectivity index (χ3v) is 7.86. The quantitative estimate of drug-likeness (QED) is 0.299. The molecule has 4 nitrogen and oxygen atoms in total. The van der Waals surface area contributed by atoms with Crippen LogP contribution in [0.5, 0.6) is 0 Å². The van der Waals surface area contributed by atoms with Gasteiger partial charge in [-0.3, -0.25) is 4.98 Å². The summed E-state index contributed by atoms with van der Waals surface area (Å²) in [4.78, 5) is 6.95. The molecular weight excluding hydrogens is 472 g/mol. The van der Waals surface area contributed by atoms with Crippen molar-refractivity contribution in [3.63, 3.8) is 0 Å². The van der Waals surface area contributed by atoms with Gasteiger partial charge in [-0.1, -0.05) is 29.8 Å². The first-order chi connectivity index (χ1) is 16.8. The fraction of sp³-hybridized carbons (Fsp3) is 0.241. The minimum atomic E-state index is -0.0836. The monoisotopic (exact) mass is 500 g/mol. The number of aromatic nitrogens is 2. The average Bonchev–Trinajstić information content (AvgIpc) is 3.33. The number of nitrogens with zero attached hydrogens (tertiary/aromatic N) is 3. The van der Waals surface area contributed by atoms with Gasteiger partial charge in [0.25, 0.3) is 0 Å². The molecule has 2 aromatic carbocycles. The van der Waals surface area contributed by atoms with Gasteiger partial charge in [-0.2, -0.15) is 0 Å². The highest BCUT2D eigenvalue weighted by molar-refractivity contribution is 7.80. The summed E-state index contributed by atoms with van der Waals surface area (Å²) in [6, 6.07) is 20.8. The third kappa shape index (κ3) is 4.03. The molecule has 2 aromatic heterocycles. The average molecular weight is 501 g/mol. The third-order valence-electron chi connectivity index (χ3n) is 7.14. The molecule has 0 bridgehead atoms. The van der Waals surface area contributed by atoms with E-state index in [1.807, 2.05) is 30.5 Å². The summed E-state index contributed by atoms with van der Waals surface area (Å²) in [5.74, 6) is 0. The number of nitrogens with one attached hydrogen (secondary N) is 1. The van der Waals surface area contributed by atoms with E-state index in [1.165, 1.54) is 22.4 Å². The van der Waals surface area contributed by atoms with Crippen LogP contribution in [0, 0.1) is 34.6 Å². The Labute approximate surface area is 217 Å². The van der Waals surface area contributed by atoms with Gasteiger partial charge in [-0.15, -0.1) is 0 Å². The minimum Gasteiger partial charge on any atom is -0.351 e. The van der Waals surface area contributed by atoms with Gasteiger partial charge < -0.3 is 14.8 Å². The fourth-order valence-electron chi connectivity index (χ4n) is 5.12. The zero-order valence-electron chi connectivity index (χ0n) is 20.6. The van der Waals surface area contributed by atoms with E-state index in [2.05, 4.69) is 85.8 Å². The van der Waals surface area contributed by atoms with E-state index in [9.17, 15) is 0 Å². The summed E-state index contributed by atoms with van der Waals surface area (Å²) in [7, 11) is 0. The molecule has 2 atom stereocenters. The first kappa shape index (κ1) is 23.6. The second kappa shape index (κ2) is 9.14. The number of hydrogen-bond acceptors (Lipinski definition) is 2. The van der Waals surface area contributed by atoms with Gasteiger partial charge in [0.15, 0.2) is 5.11 Å². The van der Waals surface area contributed by atoms with Gasteiger partial charge in [0.05, 0.1) is 17.8 Å². The van der Waals surface area contributed by atoms with Crippen molar-refractivity contribution in [2.75, 3.05) is 4.90 Å². The van der Waals surface area contributed by atoms with Crippen LogP contribution in [-0.4, -0.2) is 14.7 Å². The van der Waals surface area contributed by atoms with E-state index in [-0.39, 0.29) is 12.1 Å². The predicted molar refractivity (Wildman–Crippen MR) is 149 cm³/mol. The molecule has 1 aliphatic heterocycles. The molecule has 1 saturated heterocycles. The second-order valence-electron chi connectivity index (χ2n) is 9.31. The summed E-state index contributed by atoms with van der Waals surface area (Å²) < 4.78 is 2.30. The fourth-order valence-corrected chi connectivity index (χ4v) is 5.64. The van der Waals surface area contributed by atoms with Crippen LogP contribution < -0.4 is 10.2 Å². The summed E-state index contributed by atoms with van der Waals surface area (Å²) in [6.45, 7) is 10.7. The van der Waals surface area contributed by atoms with Crippen molar-refractivity contribution < 1.29 is 0 Å². The number of anilines is 1. The lowest BCUT2D eigenvalue weighted by atomic mass is 9.96. The molecule has 0 spiro atoms. The molecule has 4 aromatic rings. The summed E-state index contributed by atoms with van der Waals surface area (Å²) in [5, 5.41) is 5.06. The SMILES string of the molecule is Cc1ccc(N2C(=S)N[C@@H](c3ccccn3)[C@@H]2c2cc(C)n(-c3cccc(Cl)c3C)c2C)cc1C. The lowest BCUT2D eigenvalue weighted by Gasteiger charge is -2.28. The molecule has 5 rings (SSSR count). The maximum Gasteiger partial charge on any atom is 0.174 e. The van der Waals surface area contributed by atoms with Gasteiger partial charge in [-0.05, 0) is 112 Å². The van der Waals surface area contributed by atoms with Crippen molar-refractivity contribution in [2.24, 2.45) is 0 Å². The molecule has 1 aliphatic rings. The van der Waals surface area contributed by atoms with Crippen LogP contribution in [0.15, 0.2) is 66.9 Å². The Hall–Kier alpha value is -3.15. The Balaban J connectivity index is 1.71. The maximum atomic E-state index is 6.50. The lowest BCUT2D eigenvalue weighted by molar-refractivity contribution is 0.565. The number of benzene rings is 2. The number of halogens is 1. The molecule has 0 unspecified atom stereocenters. The first-order valence-corrected chi connectivity index (χ1v) is 12.6. The molecule has 1 N–H and O–H groups in total. The van der Waals surface area contributed by atoms with Gasteiger partial charge in [0.2, 0.25) is 0 Å². The van der Waals surface area contributed by atoms with Crippen molar-refractivity contribution in [3.8, 4) is 5.69 Å². The van der Waals surface area contributed by atoms with Gasteiger partial charge in [-0.25, -0.2) is 0 Å². The number of hydrogen-bond donors (Lipinski definition) is 1. The van der Waals surface area contributed by atoms with Gasteiger partial charge in [0, 0.05) is 34.0 Å². The predicted octanol–water partition coefficient (Wildman–Crippen LogP) is 7.24. The number of aryl methyl sites for hydroxylation is 3. The van der Waals surface area contributed by atoms with Crippen LogP contribution in [0.25, 0.3) is 5.69 Å². The van der Waals surface area contributed by atoms with E-state index >= 15 is 0 Å². The Morgan fingerprint density at radius 1 is 0.914 bits per heavy atom. The Bertz CT molecular complexity index is 1430. The summed E-state index contributed by atoms with van der Waals surface area (Å²) >= 11 is 12.4. The van der Waals surface area contributed by atoms with E-state index in [0.717, 1.165) is 33.3 Å². The standard InChI is InChI=1S/C29H29ClN4S/c1-17-12-13-22(15-18(17)2)34-28(27(32-29(34)35)25-10-6-7-14-31-25)23-16-19(3)33(21(23)5)26-11-8-9-24(30)20(26)4/h6-16,27-28H,1-5H3,(H,32,35)/t27-,28-/m0/s1. The van der Waals surface area contributed by atoms with Crippen molar-refractivity contribution in [1.29, 1.82) is 0 Å². The van der Waals surface area contributed by atoms with Crippen LogP contribution in [-0.2, 0) is 0 Å². The van der Waals surface area contributed by atoms with Gasteiger partial charge >= 0.3 is 0 Å². The molecule has 6 heteroatoms. The van der Waals surface area contributed by atoms with E-state index in [0.29, 0.717) is 5.11 Å². The molecule has 0 saturated carbocycles. The van der Waals surface area contributed by atoms with Crippen molar-refractivity contribution in [2.45, 2.75) is 46.7 Å². The maximum absolute atomic E-state index is 6.50. The molecular formula is C29H29ClN4S. The minimum absolute atomic E-state index is 0.0565. The smallest absolute Gasteiger partial charge is 0.174 e. The molecule has 178 valence electrons. The highest BCUT2D eigenvalue weighted by Gasteiger charge is 2.42. The van der Waals surface area contributed by atoms with E-state index in [1.54, 1.807) is 0 Å². The van der Waals surface area contributed by atoms with Crippen LogP contribution in [0.3, 0.4) is 0 Å². The first-order valence-electron chi connectivity index (χ1n) is 11.8. The molecule has 0 radical (unpaired) electrons. The summed E-state index contributed by atoms with van der Waals surface area (Å²) in [6.07, 6.45) is 1.84. The number of rotatable bonds is 4. The van der Waals surface area contributed by atoms with E-state index in [4.69, 9.17) is 28.8 Å². The Kier molecular flexibility index (Phi) is 6.16. The Morgan fingerprint density at radius 3 is 2.43 bits per heavy atom. The van der Waals surface area contributed by atoms with Crippen LogP contribution >= 0.6 is 23.8 Å². The molecule has 3 heterocycles. The van der Waals surface area contributed by atoms with Crippen LogP contribution in [0.2, 0.25) is 5.02 Å². The van der Waals surface area contributed by atoms with Crippen LogP contribution in [0.4, 0.5) is 5.69 Å². The number of pyridine rings is 1. The molecule has 1 fully saturated rings.